The fourth-order valence-corrected chi connectivity index (χ4v) is 3.59. The van der Waals surface area contributed by atoms with Gasteiger partial charge in [0.15, 0.2) is 11.6 Å². The van der Waals surface area contributed by atoms with Gasteiger partial charge in [0.2, 0.25) is 0 Å². The summed E-state index contributed by atoms with van der Waals surface area (Å²) in [5.41, 5.74) is 0.330. The molecule has 0 unspecified atom stereocenters. The molecule has 2 aromatic heterocycles. The number of fused-ring (bicyclic) bond motifs is 1. The molecule has 4 rings (SSSR count). The Labute approximate surface area is 177 Å². The first-order valence-electron chi connectivity index (χ1n) is 9.96. The first-order valence-corrected chi connectivity index (χ1v) is 9.96. The first-order chi connectivity index (χ1) is 15.0. The van der Waals surface area contributed by atoms with E-state index in [0.717, 1.165) is 18.0 Å². The smallest absolute Gasteiger partial charge is 0.287 e. The van der Waals surface area contributed by atoms with Crippen molar-refractivity contribution < 1.29 is 22.7 Å². The van der Waals surface area contributed by atoms with E-state index in [1.54, 1.807) is 19.2 Å². The molecule has 0 saturated carbocycles. The standard InChI is InChI=1S/C21H23F2N5O3/c1-30-13-16-3-5-18(31-16)21(29)24-11-20-26-25-19-6-7-27(8-9-28(19)20)12-14-10-15(22)2-4-17(14)23/h2-5,10H,6-9,11-13H2,1H3,(H,24,29). The maximum absolute atomic E-state index is 14.0. The summed E-state index contributed by atoms with van der Waals surface area (Å²) in [5, 5.41) is 11.2. The number of hydrogen-bond acceptors (Lipinski definition) is 6. The number of aromatic nitrogens is 3. The summed E-state index contributed by atoms with van der Waals surface area (Å²) in [6.07, 6.45) is 0.621. The van der Waals surface area contributed by atoms with E-state index in [4.69, 9.17) is 9.15 Å². The van der Waals surface area contributed by atoms with Crippen molar-refractivity contribution in [1.29, 1.82) is 0 Å². The quantitative estimate of drug-likeness (QED) is 0.618. The third kappa shape index (κ3) is 4.97. The van der Waals surface area contributed by atoms with E-state index in [2.05, 4.69) is 20.4 Å². The lowest BCUT2D eigenvalue weighted by Crippen LogP contribution is -2.28. The van der Waals surface area contributed by atoms with Gasteiger partial charge in [0, 0.05) is 45.3 Å². The highest BCUT2D eigenvalue weighted by Crippen LogP contribution is 2.16. The summed E-state index contributed by atoms with van der Waals surface area (Å²) >= 11 is 0. The van der Waals surface area contributed by atoms with E-state index in [9.17, 15) is 13.6 Å². The number of furan rings is 1. The van der Waals surface area contributed by atoms with Crippen molar-refractivity contribution in [3.05, 3.63) is 70.7 Å². The molecule has 3 heterocycles. The van der Waals surface area contributed by atoms with Gasteiger partial charge in [0.1, 0.15) is 29.8 Å². The predicted molar refractivity (Wildman–Crippen MR) is 106 cm³/mol. The molecule has 1 amide bonds. The number of ether oxygens (including phenoxy) is 1. The minimum atomic E-state index is -0.452. The van der Waals surface area contributed by atoms with Crippen LogP contribution in [-0.2, 0) is 37.4 Å². The Hall–Kier alpha value is -3.11. The Bertz CT molecular complexity index is 1070. The molecule has 164 valence electrons. The molecule has 0 radical (unpaired) electrons. The van der Waals surface area contributed by atoms with Gasteiger partial charge >= 0.3 is 0 Å². The van der Waals surface area contributed by atoms with Crippen LogP contribution < -0.4 is 5.32 Å². The van der Waals surface area contributed by atoms with Gasteiger partial charge in [-0.15, -0.1) is 10.2 Å². The van der Waals surface area contributed by atoms with Crippen molar-refractivity contribution >= 4 is 5.91 Å². The number of carbonyl (C=O) groups is 1. The van der Waals surface area contributed by atoms with E-state index in [-0.39, 0.29) is 18.2 Å². The normalized spacial score (nSPS) is 14.3. The molecule has 0 aliphatic carbocycles. The Kier molecular flexibility index (Phi) is 6.38. The highest BCUT2D eigenvalue weighted by Gasteiger charge is 2.20. The van der Waals surface area contributed by atoms with Crippen molar-refractivity contribution in [2.75, 3.05) is 20.2 Å². The van der Waals surface area contributed by atoms with Gasteiger partial charge in [-0.1, -0.05) is 0 Å². The number of carbonyl (C=O) groups excluding carboxylic acids is 1. The third-order valence-electron chi connectivity index (χ3n) is 5.18. The molecule has 1 aliphatic rings. The van der Waals surface area contributed by atoms with Crippen LogP contribution in [0.5, 0.6) is 0 Å². The number of nitrogens with zero attached hydrogens (tertiary/aromatic N) is 4. The maximum atomic E-state index is 14.0. The summed E-state index contributed by atoms with van der Waals surface area (Å²) in [7, 11) is 1.55. The molecule has 0 atom stereocenters. The molecule has 0 fully saturated rings. The van der Waals surface area contributed by atoms with E-state index in [0.29, 0.717) is 56.4 Å². The molecule has 0 spiro atoms. The summed E-state index contributed by atoms with van der Waals surface area (Å²) in [5.74, 6) is 0.978. The van der Waals surface area contributed by atoms with Crippen molar-refractivity contribution in [3.8, 4) is 0 Å². The molecule has 0 saturated heterocycles. The summed E-state index contributed by atoms with van der Waals surface area (Å²) < 4.78 is 39.8. The lowest BCUT2D eigenvalue weighted by atomic mass is 10.2. The molecule has 1 aliphatic heterocycles. The van der Waals surface area contributed by atoms with Crippen LogP contribution in [0.3, 0.4) is 0 Å². The molecule has 31 heavy (non-hydrogen) atoms. The van der Waals surface area contributed by atoms with E-state index < -0.39 is 11.6 Å². The Morgan fingerprint density at radius 3 is 2.90 bits per heavy atom. The van der Waals surface area contributed by atoms with Crippen LogP contribution >= 0.6 is 0 Å². The van der Waals surface area contributed by atoms with Crippen LogP contribution in [0.15, 0.2) is 34.7 Å². The molecule has 1 N–H and O–H groups in total. The van der Waals surface area contributed by atoms with Gasteiger partial charge in [-0.05, 0) is 30.3 Å². The summed E-state index contributed by atoms with van der Waals surface area (Å²) in [6, 6.07) is 6.78. The zero-order valence-corrected chi connectivity index (χ0v) is 17.1. The molecule has 0 bridgehead atoms. The van der Waals surface area contributed by atoms with E-state index in [1.165, 1.54) is 6.07 Å². The second-order valence-corrected chi connectivity index (χ2v) is 7.33. The van der Waals surface area contributed by atoms with Gasteiger partial charge in [-0.3, -0.25) is 9.69 Å². The predicted octanol–water partition coefficient (Wildman–Crippen LogP) is 2.28. The summed E-state index contributed by atoms with van der Waals surface area (Å²) in [4.78, 5) is 14.4. The Balaban J connectivity index is 1.36. The number of hydrogen-bond donors (Lipinski definition) is 1. The highest BCUT2D eigenvalue weighted by molar-refractivity contribution is 5.91. The minimum Gasteiger partial charge on any atom is -0.453 e. The second-order valence-electron chi connectivity index (χ2n) is 7.33. The van der Waals surface area contributed by atoms with Gasteiger partial charge in [-0.25, -0.2) is 8.78 Å². The van der Waals surface area contributed by atoms with Crippen LogP contribution in [0.25, 0.3) is 0 Å². The number of halogens is 2. The molecule has 10 heteroatoms. The third-order valence-corrected chi connectivity index (χ3v) is 5.18. The minimum absolute atomic E-state index is 0.199. The number of nitrogens with one attached hydrogen (secondary N) is 1. The summed E-state index contributed by atoms with van der Waals surface area (Å²) in [6.45, 7) is 2.67. The van der Waals surface area contributed by atoms with Gasteiger partial charge in [0.25, 0.3) is 5.91 Å². The van der Waals surface area contributed by atoms with Crippen molar-refractivity contribution in [2.45, 2.75) is 32.7 Å². The van der Waals surface area contributed by atoms with Gasteiger partial charge in [-0.2, -0.15) is 0 Å². The number of rotatable bonds is 7. The van der Waals surface area contributed by atoms with Crippen LogP contribution in [0.2, 0.25) is 0 Å². The zero-order chi connectivity index (χ0) is 21.8. The van der Waals surface area contributed by atoms with E-state index in [1.807, 2.05) is 4.57 Å². The molecular formula is C21H23F2N5O3. The number of amides is 1. The van der Waals surface area contributed by atoms with Crippen molar-refractivity contribution in [3.63, 3.8) is 0 Å². The first kappa shape index (κ1) is 21.1. The number of methoxy groups -OCH3 is 1. The number of benzene rings is 1. The van der Waals surface area contributed by atoms with Crippen LogP contribution in [-0.4, -0.2) is 45.8 Å². The van der Waals surface area contributed by atoms with Crippen LogP contribution in [0.4, 0.5) is 8.78 Å². The topological polar surface area (TPSA) is 85.4 Å². The fourth-order valence-electron chi connectivity index (χ4n) is 3.59. The fraction of sp³-hybridized carbons (Fsp3) is 0.381. The molecule has 1 aromatic carbocycles. The average Bonchev–Trinajstić information content (AvgIpc) is 3.33. The highest BCUT2D eigenvalue weighted by atomic mass is 19.1. The van der Waals surface area contributed by atoms with Gasteiger partial charge < -0.3 is 19.0 Å². The zero-order valence-electron chi connectivity index (χ0n) is 17.1. The molecule has 8 nitrogen and oxygen atoms in total. The maximum Gasteiger partial charge on any atom is 0.287 e. The lowest BCUT2D eigenvalue weighted by molar-refractivity contribution is 0.0913. The Morgan fingerprint density at radius 2 is 2.06 bits per heavy atom. The average molecular weight is 431 g/mol. The van der Waals surface area contributed by atoms with Gasteiger partial charge in [0.05, 0.1) is 6.54 Å². The Morgan fingerprint density at radius 1 is 1.19 bits per heavy atom. The second kappa shape index (κ2) is 9.36. The van der Waals surface area contributed by atoms with Crippen LogP contribution in [0.1, 0.15) is 33.5 Å². The van der Waals surface area contributed by atoms with Crippen molar-refractivity contribution in [1.82, 2.24) is 25.0 Å². The SMILES string of the molecule is COCc1ccc(C(=O)NCc2nnc3n2CCN(Cc2cc(F)ccc2F)CC3)o1. The van der Waals surface area contributed by atoms with Crippen molar-refractivity contribution in [2.24, 2.45) is 0 Å². The molecular weight excluding hydrogens is 408 g/mol. The monoisotopic (exact) mass is 431 g/mol. The largest absolute Gasteiger partial charge is 0.453 e. The van der Waals surface area contributed by atoms with Crippen LogP contribution in [0, 0.1) is 11.6 Å². The van der Waals surface area contributed by atoms with E-state index >= 15 is 0 Å². The molecule has 3 aromatic rings. The lowest BCUT2D eigenvalue weighted by Gasteiger charge is -2.20.